The van der Waals surface area contributed by atoms with Crippen molar-refractivity contribution < 1.29 is 14.6 Å². The molecule has 24 heavy (non-hydrogen) atoms. The lowest BCUT2D eigenvalue weighted by atomic mass is 9.79. The Morgan fingerprint density at radius 3 is 1.96 bits per heavy atom. The van der Waals surface area contributed by atoms with Gasteiger partial charge in [-0.3, -0.25) is 4.39 Å². The summed E-state index contributed by atoms with van der Waals surface area (Å²) in [5.41, 5.74) is 4.60. The second kappa shape index (κ2) is 7.52. The predicted octanol–water partition coefficient (Wildman–Crippen LogP) is 5.45. The van der Waals surface area contributed by atoms with Gasteiger partial charge in [-0.25, -0.2) is 0 Å². The molecule has 2 nitrogen and oxygen atoms in total. The summed E-state index contributed by atoms with van der Waals surface area (Å²) in [6.45, 7) is -0.258. The Morgan fingerprint density at radius 2 is 1.46 bits per heavy atom. The van der Waals surface area contributed by atoms with Crippen LogP contribution in [-0.4, -0.2) is 16.9 Å². The standard InChI is InChI=1S/C21H23FO2/c22-13-12-15-2-1-3-18(14-15)21(16-4-8-19(23)9-5-16)17-6-10-20(24)11-7-17/h4-11,15,23-24H,1-3,12-14H2. The number of rotatable bonds is 4. The average Bonchev–Trinajstić information content (AvgIpc) is 2.59. The molecule has 0 heterocycles. The van der Waals surface area contributed by atoms with E-state index in [4.69, 9.17) is 0 Å². The largest absolute Gasteiger partial charge is 0.508 e. The number of hydrogen-bond donors (Lipinski definition) is 2. The van der Waals surface area contributed by atoms with Crippen LogP contribution >= 0.6 is 0 Å². The van der Waals surface area contributed by atoms with Crippen molar-refractivity contribution in [1.82, 2.24) is 0 Å². The molecule has 0 radical (unpaired) electrons. The number of benzene rings is 2. The maximum atomic E-state index is 12.8. The van der Waals surface area contributed by atoms with Gasteiger partial charge in [0.2, 0.25) is 0 Å². The Morgan fingerprint density at radius 1 is 0.917 bits per heavy atom. The van der Waals surface area contributed by atoms with Gasteiger partial charge in [0.15, 0.2) is 0 Å². The fourth-order valence-electron chi connectivity index (χ4n) is 3.62. The third kappa shape index (κ3) is 3.78. The molecule has 2 N–H and O–H groups in total. The summed E-state index contributed by atoms with van der Waals surface area (Å²) in [5.74, 6) is 0.892. The van der Waals surface area contributed by atoms with Gasteiger partial charge in [0.25, 0.3) is 0 Å². The van der Waals surface area contributed by atoms with Gasteiger partial charge >= 0.3 is 0 Å². The van der Waals surface area contributed by atoms with E-state index in [0.29, 0.717) is 12.3 Å². The third-order valence-corrected chi connectivity index (χ3v) is 4.81. The van der Waals surface area contributed by atoms with Gasteiger partial charge in [-0.2, -0.15) is 0 Å². The monoisotopic (exact) mass is 326 g/mol. The summed E-state index contributed by atoms with van der Waals surface area (Å²) < 4.78 is 12.8. The van der Waals surface area contributed by atoms with Gasteiger partial charge in [-0.05, 0) is 79.0 Å². The van der Waals surface area contributed by atoms with Gasteiger partial charge in [-0.15, -0.1) is 0 Å². The van der Waals surface area contributed by atoms with E-state index >= 15 is 0 Å². The minimum absolute atomic E-state index is 0.243. The average molecular weight is 326 g/mol. The smallest absolute Gasteiger partial charge is 0.115 e. The molecule has 3 heteroatoms. The Labute approximate surface area is 142 Å². The van der Waals surface area contributed by atoms with Crippen molar-refractivity contribution in [1.29, 1.82) is 0 Å². The molecule has 1 aliphatic carbocycles. The molecule has 3 rings (SSSR count). The summed E-state index contributed by atoms with van der Waals surface area (Å²) in [4.78, 5) is 0. The molecule has 1 fully saturated rings. The van der Waals surface area contributed by atoms with Crippen LogP contribution in [0.4, 0.5) is 4.39 Å². The first-order chi connectivity index (χ1) is 11.7. The molecule has 2 aromatic rings. The van der Waals surface area contributed by atoms with Crippen LogP contribution in [0.15, 0.2) is 54.1 Å². The molecule has 1 aliphatic rings. The summed E-state index contributed by atoms with van der Waals surface area (Å²) >= 11 is 0. The van der Waals surface area contributed by atoms with Gasteiger partial charge in [0, 0.05) is 0 Å². The zero-order valence-corrected chi connectivity index (χ0v) is 13.7. The number of phenols is 2. The molecule has 0 amide bonds. The lowest BCUT2D eigenvalue weighted by Crippen LogP contribution is -2.11. The zero-order valence-electron chi connectivity index (χ0n) is 13.7. The lowest BCUT2D eigenvalue weighted by molar-refractivity contribution is 0.340. The SMILES string of the molecule is Oc1ccc(C(=C2CCCC(CCF)C2)c2ccc(O)cc2)cc1. The summed E-state index contributed by atoms with van der Waals surface area (Å²) in [6.07, 6.45) is 4.73. The normalized spacial score (nSPS) is 17.7. The molecule has 0 aromatic heterocycles. The lowest BCUT2D eigenvalue weighted by Gasteiger charge is -2.26. The van der Waals surface area contributed by atoms with Crippen LogP contribution in [0.1, 0.15) is 43.2 Å². The highest BCUT2D eigenvalue weighted by Gasteiger charge is 2.21. The van der Waals surface area contributed by atoms with Crippen LogP contribution in [0.2, 0.25) is 0 Å². The first kappa shape index (κ1) is 16.6. The van der Waals surface area contributed by atoms with Gasteiger partial charge in [0.1, 0.15) is 11.5 Å². The van der Waals surface area contributed by atoms with Gasteiger partial charge in [0.05, 0.1) is 6.67 Å². The molecule has 2 aromatic carbocycles. The third-order valence-electron chi connectivity index (χ3n) is 4.81. The van der Waals surface area contributed by atoms with Crippen molar-refractivity contribution in [2.45, 2.75) is 32.1 Å². The van der Waals surface area contributed by atoms with E-state index in [1.54, 1.807) is 24.3 Å². The van der Waals surface area contributed by atoms with Crippen LogP contribution in [0.5, 0.6) is 11.5 Å². The topological polar surface area (TPSA) is 40.5 Å². The number of halogens is 1. The maximum absolute atomic E-state index is 12.8. The van der Waals surface area contributed by atoms with Crippen molar-refractivity contribution >= 4 is 5.57 Å². The molecular formula is C21H23FO2. The fraction of sp³-hybridized carbons (Fsp3) is 0.333. The summed E-state index contributed by atoms with van der Waals surface area (Å²) in [6, 6.07) is 14.5. The molecule has 0 spiro atoms. The highest BCUT2D eigenvalue weighted by molar-refractivity contribution is 5.82. The van der Waals surface area contributed by atoms with Gasteiger partial charge in [-0.1, -0.05) is 29.8 Å². The van der Waals surface area contributed by atoms with Crippen molar-refractivity contribution in [3.8, 4) is 11.5 Å². The number of phenolic OH excluding ortho intramolecular Hbond substituents is 2. The van der Waals surface area contributed by atoms with E-state index in [1.165, 1.54) is 5.57 Å². The quantitative estimate of drug-likeness (QED) is 0.784. The molecule has 0 saturated heterocycles. The van der Waals surface area contributed by atoms with Crippen molar-refractivity contribution in [3.05, 3.63) is 65.2 Å². The minimum Gasteiger partial charge on any atom is -0.508 e. The van der Waals surface area contributed by atoms with E-state index in [2.05, 4.69) is 0 Å². The van der Waals surface area contributed by atoms with Crippen LogP contribution < -0.4 is 0 Å². The second-order valence-electron chi connectivity index (χ2n) is 6.51. The van der Waals surface area contributed by atoms with Crippen molar-refractivity contribution in [2.75, 3.05) is 6.67 Å². The Bertz CT molecular complexity index is 652. The Kier molecular flexibility index (Phi) is 5.19. The van der Waals surface area contributed by atoms with Crippen molar-refractivity contribution in [3.63, 3.8) is 0 Å². The summed E-state index contributed by atoms with van der Waals surface area (Å²) in [5, 5.41) is 19.2. The Balaban J connectivity index is 2.05. The molecule has 126 valence electrons. The van der Waals surface area contributed by atoms with Crippen LogP contribution in [-0.2, 0) is 0 Å². The van der Waals surface area contributed by atoms with Crippen LogP contribution in [0, 0.1) is 5.92 Å². The Hall–Kier alpha value is -2.29. The van der Waals surface area contributed by atoms with E-state index < -0.39 is 0 Å². The molecule has 1 unspecified atom stereocenters. The molecule has 0 aliphatic heterocycles. The zero-order chi connectivity index (χ0) is 16.9. The molecule has 1 saturated carbocycles. The first-order valence-electron chi connectivity index (χ1n) is 8.54. The number of alkyl halides is 1. The van der Waals surface area contributed by atoms with E-state index in [0.717, 1.165) is 42.4 Å². The molecular weight excluding hydrogens is 303 g/mol. The fourth-order valence-corrected chi connectivity index (χ4v) is 3.62. The van der Waals surface area contributed by atoms with Crippen molar-refractivity contribution in [2.24, 2.45) is 5.92 Å². The van der Waals surface area contributed by atoms with E-state index in [-0.39, 0.29) is 18.2 Å². The minimum atomic E-state index is -0.258. The highest BCUT2D eigenvalue weighted by atomic mass is 19.1. The molecule has 0 bridgehead atoms. The van der Waals surface area contributed by atoms with E-state index in [1.807, 2.05) is 24.3 Å². The number of allylic oxidation sites excluding steroid dienone is 1. The van der Waals surface area contributed by atoms with E-state index in [9.17, 15) is 14.6 Å². The second-order valence-corrected chi connectivity index (χ2v) is 6.51. The predicted molar refractivity (Wildman–Crippen MR) is 94.8 cm³/mol. The maximum Gasteiger partial charge on any atom is 0.115 e. The highest BCUT2D eigenvalue weighted by Crippen LogP contribution is 2.39. The van der Waals surface area contributed by atoms with Crippen LogP contribution in [0.25, 0.3) is 5.57 Å². The molecule has 1 atom stereocenters. The van der Waals surface area contributed by atoms with Gasteiger partial charge < -0.3 is 10.2 Å². The van der Waals surface area contributed by atoms with Crippen LogP contribution in [0.3, 0.4) is 0 Å². The number of aromatic hydroxyl groups is 2. The summed E-state index contributed by atoms with van der Waals surface area (Å²) in [7, 11) is 0. The number of hydrogen-bond acceptors (Lipinski definition) is 2. The first-order valence-corrected chi connectivity index (χ1v) is 8.54.